The fraction of sp³-hybridized carbons (Fsp3) is 0.133. The highest BCUT2D eigenvalue weighted by Gasteiger charge is 2.13. The van der Waals surface area contributed by atoms with E-state index in [0.29, 0.717) is 36.0 Å². The molecule has 0 saturated heterocycles. The largest absolute Gasteiger partial charge is 0.486 e. The van der Waals surface area contributed by atoms with Crippen molar-refractivity contribution < 1.29 is 14.3 Å². The van der Waals surface area contributed by atoms with Crippen LogP contribution >= 0.6 is 22.6 Å². The van der Waals surface area contributed by atoms with Crippen LogP contribution in [0.5, 0.6) is 11.5 Å². The van der Waals surface area contributed by atoms with Crippen LogP contribution in [0.25, 0.3) is 0 Å². The van der Waals surface area contributed by atoms with E-state index in [1.54, 1.807) is 30.3 Å². The minimum Gasteiger partial charge on any atom is -0.486 e. The number of benzene rings is 2. The maximum Gasteiger partial charge on any atom is 0.255 e. The van der Waals surface area contributed by atoms with Gasteiger partial charge in [0.1, 0.15) is 13.2 Å². The van der Waals surface area contributed by atoms with Gasteiger partial charge in [0, 0.05) is 20.9 Å². The molecular weight excluding hydrogens is 369 g/mol. The summed E-state index contributed by atoms with van der Waals surface area (Å²) < 4.78 is 12.0. The number of amides is 1. The molecule has 0 saturated carbocycles. The van der Waals surface area contributed by atoms with E-state index >= 15 is 0 Å². The molecule has 3 rings (SSSR count). The van der Waals surface area contributed by atoms with Crippen molar-refractivity contribution in [3.05, 3.63) is 51.6 Å². The third kappa shape index (κ3) is 2.87. The van der Waals surface area contributed by atoms with Gasteiger partial charge in [0.05, 0.1) is 0 Å². The minimum atomic E-state index is -0.141. The number of carbonyl (C=O) groups is 1. The fourth-order valence-corrected chi connectivity index (χ4v) is 2.29. The molecule has 0 aromatic heterocycles. The Balaban J connectivity index is 1.77. The number of carbonyl (C=O) groups excluding carboxylic acids is 1. The van der Waals surface area contributed by atoms with E-state index in [2.05, 4.69) is 27.9 Å². The molecule has 0 atom stereocenters. The van der Waals surface area contributed by atoms with Gasteiger partial charge in [0.25, 0.3) is 5.91 Å². The number of ether oxygens (including phenoxy) is 2. The highest BCUT2D eigenvalue weighted by Crippen LogP contribution is 2.32. The molecule has 20 heavy (non-hydrogen) atoms. The maximum atomic E-state index is 12.1. The molecule has 0 fully saturated rings. The molecule has 0 unspecified atom stereocenters. The molecule has 1 heterocycles. The minimum absolute atomic E-state index is 0.141. The zero-order valence-corrected chi connectivity index (χ0v) is 12.7. The zero-order valence-electron chi connectivity index (χ0n) is 10.6. The second kappa shape index (κ2) is 5.70. The number of hydrogen-bond acceptors (Lipinski definition) is 3. The highest BCUT2D eigenvalue weighted by atomic mass is 127. The van der Waals surface area contributed by atoms with E-state index in [-0.39, 0.29) is 5.91 Å². The van der Waals surface area contributed by atoms with Crippen LogP contribution in [-0.2, 0) is 0 Å². The lowest BCUT2D eigenvalue weighted by molar-refractivity contribution is 0.102. The van der Waals surface area contributed by atoms with E-state index < -0.39 is 0 Å². The number of nitrogens with one attached hydrogen (secondary N) is 1. The average Bonchev–Trinajstić information content (AvgIpc) is 2.48. The van der Waals surface area contributed by atoms with Crippen molar-refractivity contribution in [3.8, 4) is 11.5 Å². The van der Waals surface area contributed by atoms with Gasteiger partial charge in [-0.25, -0.2) is 0 Å². The monoisotopic (exact) mass is 381 g/mol. The highest BCUT2D eigenvalue weighted by molar-refractivity contribution is 14.1. The molecule has 0 radical (unpaired) electrons. The Kier molecular flexibility index (Phi) is 3.77. The molecular formula is C15H12INO3. The topological polar surface area (TPSA) is 47.6 Å². The van der Waals surface area contributed by atoms with Gasteiger partial charge < -0.3 is 14.8 Å². The van der Waals surface area contributed by atoms with Gasteiger partial charge in [-0.3, -0.25) is 4.79 Å². The fourth-order valence-electron chi connectivity index (χ4n) is 1.93. The lowest BCUT2D eigenvalue weighted by Gasteiger charge is -2.19. The Morgan fingerprint density at radius 1 is 1.00 bits per heavy atom. The zero-order chi connectivity index (χ0) is 13.9. The number of anilines is 1. The van der Waals surface area contributed by atoms with Crippen LogP contribution in [-0.4, -0.2) is 19.1 Å². The second-order valence-corrected chi connectivity index (χ2v) is 5.57. The molecule has 1 amide bonds. The van der Waals surface area contributed by atoms with Gasteiger partial charge in [0.2, 0.25) is 0 Å². The van der Waals surface area contributed by atoms with Crippen molar-refractivity contribution in [2.24, 2.45) is 0 Å². The van der Waals surface area contributed by atoms with Gasteiger partial charge in [-0.15, -0.1) is 0 Å². The predicted octanol–water partition coefficient (Wildman–Crippen LogP) is 3.31. The SMILES string of the molecule is O=C(Nc1ccc2c(c1)OCCO2)c1ccc(I)cc1. The van der Waals surface area contributed by atoms with E-state index in [4.69, 9.17) is 9.47 Å². The number of halogens is 1. The van der Waals surface area contributed by atoms with Crippen molar-refractivity contribution in [1.29, 1.82) is 0 Å². The molecule has 1 aliphatic heterocycles. The Bertz CT molecular complexity index is 640. The Hall–Kier alpha value is -1.76. The van der Waals surface area contributed by atoms with Crippen molar-refractivity contribution in [2.75, 3.05) is 18.5 Å². The van der Waals surface area contributed by atoms with E-state index in [9.17, 15) is 4.79 Å². The summed E-state index contributed by atoms with van der Waals surface area (Å²) in [5, 5.41) is 2.85. The van der Waals surface area contributed by atoms with E-state index in [1.165, 1.54) is 0 Å². The predicted molar refractivity (Wildman–Crippen MR) is 84.5 cm³/mol. The maximum absolute atomic E-state index is 12.1. The molecule has 0 spiro atoms. The van der Waals surface area contributed by atoms with Gasteiger partial charge in [-0.05, 0) is 59.0 Å². The van der Waals surface area contributed by atoms with Crippen molar-refractivity contribution in [1.82, 2.24) is 0 Å². The number of hydrogen-bond donors (Lipinski definition) is 1. The summed E-state index contributed by atoms with van der Waals surface area (Å²) >= 11 is 2.20. The summed E-state index contributed by atoms with van der Waals surface area (Å²) in [7, 11) is 0. The molecule has 1 N–H and O–H groups in total. The molecule has 102 valence electrons. The number of fused-ring (bicyclic) bond motifs is 1. The summed E-state index contributed by atoms with van der Waals surface area (Å²) in [6.45, 7) is 1.09. The molecule has 4 nitrogen and oxygen atoms in total. The van der Waals surface area contributed by atoms with Crippen LogP contribution in [0.4, 0.5) is 5.69 Å². The quantitative estimate of drug-likeness (QED) is 0.813. The molecule has 0 bridgehead atoms. The van der Waals surface area contributed by atoms with Crippen LogP contribution in [0.1, 0.15) is 10.4 Å². The first-order chi connectivity index (χ1) is 9.72. The van der Waals surface area contributed by atoms with Crippen molar-refractivity contribution in [2.45, 2.75) is 0 Å². The lowest BCUT2D eigenvalue weighted by Crippen LogP contribution is -2.16. The van der Waals surface area contributed by atoms with Gasteiger partial charge >= 0.3 is 0 Å². The Morgan fingerprint density at radius 3 is 2.45 bits per heavy atom. The number of rotatable bonds is 2. The smallest absolute Gasteiger partial charge is 0.255 e. The van der Waals surface area contributed by atoms with E-state index in [0.717, 1.165) is 3.57 Å². The molecule has 0 aliphatic carbocycles. The normalized spacial score (nSPS) is 12.8. The standard InChI is InChI=1S/C15H12INO3/c16-11-3-1-10(2-4-11)15(18)17-12-5-6-13-14(9-12)20-8-7-19-13/h1-6,9H,7-8H2,(H,17,18). The summed E-state index contributed by atoms with van der Waals surface area (Å²) in [5.74, 6) is 1.23. The molecule has 2 aromatic carbocycles. The van der Waals surface area contributed by atoms with E-state index in [1.807, 2.05) is 12.1 Å². The van der Waals surface area contributed by atoms with Crippen LogP contribution in [0, 0.1) is 3.57 Å². The van der Waals surface area contributed by atoms with Crippen LogP contribution in [0.2, 0.25) is 0 Å². The average molecular weight is 381 g/mol. The third-order valence-corrected chi connectivity index (χ3v) is 3.63. The van der Waals surface area contributed by atoms with Gasteiger partial charge in [0.15, 0.2) is 11.5 Å². The van der Waals surface area contributed by atoms with Crippen molar-refractivity contribution in [3.63, 3.8) is 0 Å². The third-order valence-electron chi connectivity index (χ3n) is 2.91. The Morgan fingerprint density at radius 2 is 1.70 bits per heavy atom. The summed E-state index contributed by atoms with van der Waals surface area (Å²) in [6, 6.07) is 12.8. The summed E-state index contributed by atoms with van der Waals surface area (Å²) in [5.41, 5.74) is 1.32. The summed E-state index contributed by atoms with van der Waals surface area (Å²) in [4.78, 5) is 12.1. The first kappa shape index (κ1) is 13.2. The van der Waals surface area contributed by atoms with Gasteiger partial charge in [-0.2, -0.15) is 0 Å². The first-order valence-electron chi connectivity index (χ1n) is 6.19. The van der Waals surface area contributed by atoms with Crippen LogP contribution in [0.3, 0.4) is 0 Å². The lowest BCUT2D eigenvalue weighted by atomic mass is 10.2. The first-order valence-corrected chi connectivity index (χ1v) is 7.27. The Labute approximate surface area is 130 Å². The molecule has 2 aromatic rings. The van der Waals surface area contributed by atoms with Crippen LogP contribution < -0.4 is 14.8 Å². The van der Waals surface area contributed by atoms with Crippen molar-refractivity contribution >= 4 is 34.2 Å². The molecule has 1 aliphatic rings. The molecule has 5 heteroatoms. The van der Waals surface area contributed by atoms with Crippen LogP contribution in [0.15, 0.2) is 42.5 Å². The second-order valence-electron chi connectivity index (χ2n) is 4.32. The van der Waals surface area contributed by atoms with Gasteiger partial charge in [-0.1, -0.05) is 0 Å². The summed E-state index contributed by atoms with van der Waals surface area (Å²) in [6.07, 6.45) is 0.